The van der Waals surface area contributed by atoms with E-state index < -0.39 is 0 Å². The standard InChI is InChI=1S/C17H25N5O/c1-6-17(4,5)18-15(23)11-22-20-16(19-21-22)14-9-7-13(8-10-14)12(2)3/h7-10,12H,6,11H2,1-5H3,(H,18,23). The fourth-order valence-corrected chi connectivity index (χ4v) is 2.08. The van der Waals surface area contributed by atoms with Crippen molar-refractivity contribution in [1.29, 1.82) is 0 Å². The van der Waals surface area contributed by atoms with E-state index in [1.165, 1.54) is 10.4 Å². The summed E-state index contributed by atoms with van der Waals surface area (Å²) in [6.45, 7) is 10.4. The van der Waals surface area contributed by atoms with Crippen molar-refractivity contribution in [2.24, 2.45) is 0 Å². The number of carbonyl (C=O) groups excluding carboxylic acids is 1. The molecule has 0 atom stereocenters. The Morgan fingerprint density at radius 2 is 1.91 bits per heavy atom. The van der Waals surface area contributed by atoms with Crippen molar-refractivity contribution in [2.45, 2.75) is 59.0 Å². The minimum absolute atomic E-state index is 0.0699. The van der Waals surface area contributed by atoms with Crippen LogP contribution in [0.3, 0.4) is 0 Å². The van der Waals surface area contributed by atoms with Crippen LogP contribution in [0, 0.1) is 0 Å². The number of nitrogens with zero attached hydrogens (tertiary/aromatic N) is 4. The molecule has 1 aromatic carbocycles. The summed E-state index contributed by atoms with van der Waals surface area (Å²) in [7, 11) is 0. The molecule has 0 aliphatic heterocycles. The first kappa shape index (κ1) is 17.1. The summed E-state index contributed by atoms with van der Waals surface area (Å²) in [5, 5.41) is 15.2. The van der Waals surface area contributed by atoms with Crippen LogP contribution < -0.4 is 5.32 Å². The number of tetrazole rings is 1. The first-order valence-electron chi connectivity index (χ1n) is 8.00. The lowest BCUT2D eigenvalue weighted by Gasteiger charge is -2.24. The van der Waals surface area contributed by atoms with Gasteiger partial charge in [0.25, 0.3) is 0 Å². The third-order valence-electron chi connectivity index (χ3n) is 3.94. The van der Waals surface area contributed by atoms with E-state index in [-0.39, 0.29) is 18.0 Å². The van der Waals surface area contributed by atoms with Gasteiger partial charge in [-0.2, -0.15) is 4.80 Å². The molecule has 0 radical (unpaired) electrons. The van der Waals surface area contributed by atoms with Gasteiger partial charge in [0.1, 0.15) is 6.54 Å². The van der Waals surface area contributed by atoms with Crippen molar-refractivity contribution in [1.82, 2.24) is 25.5 Å². The predicted octanol–water partition coefficient (Wildman–Crippen LogP) is 2.77. The summed E-state index contributed by atoms with van der Waals surface area (Å²) in [4.78, 5) is 13.3. The van der Waals surface area contributed by atoms with Crippen molar-refractivity contribution < 1.29 is 4.79 Å². The molecule has 1 heterocycles. The van der Waals surface area contributed by atoms with Gasteiger partial charge in [-0.05, 0) is 37.0 Å². The minimum Gasteiger partial charge on any atom is -0.350 e. The molecular weight excluding hydrogens is 290 g/mol. The number of amides is 1. The molecular formula is C17H25N5O. The number of hydrogen-bond acceptors (Lipinski definition) is 4. The van der Waals surface area contributed by atoms with Gasteiger partial charge in [-0.25, -0.2) is 0 Å². The lowest BCUT2D eigenvalue weighted by Crippen LogP contribution is -2.44. The summed E-state index contributed by atoms with van der Waals surface area (Å²) < 4.78 is 0. The molecule has 2 rings (SSSR count). The molecule has 0 bridgehead atoms. The van der Waals surface area contributed by atoms with Gasteiger partial charge < -0.3 is 5.32 Å². The minimum atomic E-state index is -0.229. The molecule has 0 fully saturated rings. The van der Waals surface area contributed by atoms with Gasteiger partial charge >= 0.3 is 0 Å². The van der Waals surface area contributed by atoms with Crippen LogP contribution in [0.15, 0.2) is 24.3 Å². The van der Waals surface area contributed by atoms with Crippen LogP contribution in [0.5, 0.6) is 0 Å². The Morgan fingerprint density at radius 1 is 1.26 bits per heavy atom. The normalized spacial score (nSPS) is 11.7. The van der Waals surface area contributed by atoms with Crippen LogP contribution >= 0.6 is 0 Å². The predicted molar refractivity (Wildman–Crippen MR) is 89.9 cm³/mol. The summed E-state index contributed by atoms with van der Waals surface area (Å²) in [6, 6.07) is 8.10. The number of hydrogen-bond donors (Lipinski definition) is 1. The third kappa shape index (κ3) is 4.61. The van der Waals surface area contributed by atoms with Crippen molar-refractivity contribution in [3.8, 4) is 11.4 Å². The maximum atomic E-state index is 12.0. The Balaban J connectivity index is 2.04. The summed E-state index contributed by atoms with van der Waals surface area (Å²) >= 11 is 0. The number of nitrogens with one attached hydrogen (secondary N) is 1. The second-order valence-corrected chi connectivity index (χ2v) is 6.71. The molecule has 2 aromatic rings. The molecule has 0 saturated carbocycles. The van der Waals surface area contributed by atoms with E-state index in [2.05, 4.69) is 46.7 Å². The number of aromatic nitrogens is 4. The zero-order valence-electron chi connectivity index (χ0n) is 14.5. The van der Waals surface area contributed by atoms with Crippen LogP contribution in [0.1, 0.15) is 52.5 Å². The highest BCUT2D eigenvalue weighted by atomic mass is 16.2. The van der Waals surface area contributed by atoms with Crippen LogP contribution in [-0.2, 0) is 11.3 Å². The molecule has 0 aliphatic rings. The van der Waals surface area contributed by atoms with Gasteiger partial charge in [0.2, 0.25) is 11.7 Å². The SMILES string of the molecule is CCC(C)(C)NC(=O)Cn1nnc(-c2ccc(C(C)C)cc2)n1. The smallest absolute Gasteiger partial charge is 0.244 e. The monoisotopic (exact) mass is 315 g/mol. The van der Waals surface area contributed by atoms with E-state index in [9.17, 15) is 4.79 Å². The average Bonchev–Trinajstić information content (AvgIpc) is 2.95. The van der Waals surface area contributed by atoms with E-state index in [4.69, 9.17) is 0 Å². The van der Waals surface area contributed by atoms with Crippen LogP contribution in [0.2, 0.25) is 0 Å². The largest absolute Gasteiger partial charge is 0.350 e. The van der Waals surface area contributed by atoms with Crippen molar-refractivity contribution in [2.75, 3.05) is 0 Å². The van der Waals surface area contributed by atoms with Gasteiger partial charge in [0, 0.05) is 11.1 Å². The lowest BCUT2D eigenvalue weighted by atomic mass is 10.0. The van der Waals surface area contributed by atoms with Gasteiger partial charge in [-0.15, -0.1) is 10.2 Å². The van der Waals surface area contributed by atoms with Crippen molar-refractivity contribution in [3.05, 3.63) is 29.8 Å². The molecule has 0 spiro atoms. The fraction of sp³-hybridized carbons (Fsp3) is 0.529. The zero-order valence-corrected chi connectivity index (χ0v) is 14.5. The second kappa shape index (κ2) is 6.89. The highest BCUT2D eigenvalue weighted by molar-refractivity contribution is 5.76. The van der Waals surface area contributed by atoms with Crippen LogP contribution in [0.25, 0.3) is 11.4 Å². The molecule has 1 amide bonds. The second-order valence-electron chi connectivity index (χ2n) is 6.71. The third-order valence-corrected chi connectivity index (χ3v) is 3.94. The van der Waals surface area contributed by atoms with E-state index in [0.29, 0.717) is 11.7 Å². The number of carbonyl (C=O) groups is 1. The van der Waals surface area contributed by atoms with Crippen molar-refractivity contribution >= 4 is 5.91 Å². The topological polar surface area (TPSA) is 72.7 Å². The lowest BCUT2D eigenvalue weighted by molar-refractivity contribution is -0.123. The van der Waals surface area contributed by atoms with Gasteiger partial charge in [0.15, 0.2) is 0 Å². The van der Waals surface area contributed by atoms with Crippen molar-refractivity contribution in [3.63, 3.8) is 0 Å². The number of rotatable bonds is 6. The maximum Gasteiger partial charge on any atom is 0.244 e. The molecule has 1 aromatic heterocycles. The van der Waals surface area contributed by atoms with Crippen LogP contribution in [0.4, 0.5) is 0 Å². The summed E-state index contributed by atoms with van der Waals surface area (Å²) in [5.74, 6) is 0.900. The quantitative estimate of drug-likeness (QED) is 0.889. The molecule has 0 saturated heterocycles. The number of benzene rings is 1. The van der Waals surface area contributed by atoms with Gasteiger partial charge in [0.05, 0.1) is 0 Å². The molecule has 0 aliphatic carbocycles. The highest BCUT2D eigenvalue weighted by Gasteiger charge is 2.18. The molecule has 0 unspecified atom stereocenters. The highest BCUT2D eigenvalue weighted by Crippen LogP contribution is 2.19. The average molecular weight is 315 g/mol. The summed E-state index contributed by atoms with van der Waals surface area (Å²) in [6.07, 6.45) is 0.858. The molecule has 6 nitrogen and oxygen atoms in total. The molecule has 1 N–H and O–H groups in total. The van der Waals surface area contributed by atoms with E-state index in [1.54, 1.807) is 0 Å². The van der Waals surface area contributed by atoms with E-state index in [1.807, 2.05) is 32.9 Å². The Morgan fingerprint density at radius 3 is 2.48 bits per heavy atom. The first-order valence-corrected chi connectivity index (χ1v) is 8.00. The molecule has 6 heteroatoms. The zero-order chi connectivity index (χ0) is 17.0. The molecule has 23 heavy (non-hydrogen) atoms. The molecule has 124 valence electrons. The van der Waals surface area contributed by atoms with Gasteiger partial charge in [-0.3, -0.25) is 4.79 Å². The Labute approximate surface area is 137 Å². The Hall–Kier alpha value is -2.24. The van der Waals surface area contributed by atoms with E-state index in [0.717, 1.165) is 12.0 Å². The maximum absolute atomic E-state index is 12.0. The van der Waals surface area contributed by atoms with Crippen LogP contribution in [-0.4, -0.2) is 31.7 Å². The van der Waals surface area contributed by atoms with E-state index >= 15 is 0 Å². The van der Waals surface area contributed by atoms with Gasteiger partial charge in [-0.1, -0.05) is 45.0 Å². The Kier molecular flexibility index (Phi) is 5.13. The Bertz CT molecular complexity index is 658. The fourth-order valence-electron chi connectivity index (χ4n) is 2.08. The summed E-state index contributed by atoms with van der Waals surface area (Å²) in [5.41, 5.74) is 1.94. The first-order chi connectivity index (χ1) is 10.8.